The van der Waals surface area contributed by atoms with E-state index >= 15 is 0 Å². The van der Waals surface area contributed by atoms with Crippen LogP contribution in [0.4, 0.5) is 5.69 Å². The molecule has 1 aromatic carbocycles. The molecule has 1 aliphatic carbocycles. The van der Waals surface area contributed by atoms with Crippen LogP contribution in [0.15, 0.2) is 18.2 Å². The number of hydrogen-bond donors (Lipinski definition) is 0. The monoisotopic (exact) mass is 234 g/mol. The molecule has 1 atom stereocenters. The van der Waals surface area contributed by atoms with Gasteiger partial charge in [0.25, 0.3) is 5.69 Å². The van der Waals surface area contributed by atoms with E-state index in [2.05, 4.69) is 18.7 Å². The molecule has 4 heteroatoms. The van der Waals surface area contributed by atoms with Gasteiger partial charge in [-0.25, -0.2) is 0 Å². The molecule has 0 heterocycles. The third-order valence-electron chi connectivity index (χ3n) is 3.64. The highest BCUT2D eigenvalue weighted by Crippen LogP contribution is 2.28. The predicted molar refractivity (Wildman–Crippen MR) is 67.2 cm³/mol. The van der Waals surface area contributed by atoms with Crippen LogP contribution in [0, 0.1) is 10.1 Å². The molecule has 1 unspecified atom stereocenters. The first-order valence-corrected chi connectivity index (χ1v) is 6.16. The lowest BCUT2D eigenvalue weighted by molar-refractivity contribution is -0.384. The summed E-state index contributed by atoms with van der Waals surface area (Å²) >= 11 is 0. The Morgan fingerprint density at radius 3 is 2.53 bits per heavy atom. The van der Waals surface area contributed by atoms with Crippen molar-refractivity contribution < 1.29 is 4.92 Å². The molecule has 0 saturated carbocycles. The second-order valence-corrected chi connectivity index (χ2v) is 4.49. The van der Waals surface area contributed by atoms with Crippen LogP contribution in [0.3, 0.4) is 0 Å². The van der Waals surface area contributed by atoms with Gasteiger partial charge in [0, 0.05) is 18.2 Å². The fourth-order valence-corrected chi connectivity index (χ4v) is 2.69. The van der Waals surface area contributed by atoms with Gasteiger partial charge >= 0.3 is 0 Å². The number of nitro groups is 1. The quantitative estimate of drug-likeness (QED) is 0.593. The van der Waals surface area contributed by atoms with Crippen molar-refractivity contribution in [1.29, 1.82) is 0 Å². The van der Waals surface area contributed by atoms with Gasteiger partial charge in [0.2, 0.25) is 0 Å². The van der Waals surface area contributed by atoms with E-state index < -0.39 is 0 Å². The van der Waals surface area contributed by atoms with Gasteiger partial charge in [0.1, 0.15) is 0 Å². The molecule has 0 amide bonds. The molecule has 0 spiro atoms. The molecule has 0 N–H and O–H groups in total. The summed E-state index contributed by atoms with van der Waals surface area (Å²) in [5.74, 6) is 0. The molecule has 0 fully saturated rings. The highest BCUT2D eigenvalue weighted by atomic mass is 16.6. The van der Waals surface area contributed by atoms with Gasteiger partial charge in [0.15, 0.2) is 0 Å². The van der Waals surface area contributed by atoms with Crippen molar-refractivity contribution in [2.24, 2.45) is 0 Å². The maximum atomic E-state index is 10.7. The van der Waals surface area contributed by atoms with Crippen molar-refractivity contribution in [2.45, 2.75) is 32.7 Å². The fourth-order valence-electron chi connectivity index (χ4n) is 2.69. The first kappa shape index (κ1) is 12.0. The molecule has 92 valence electrons. The highest BCUT2D eigenvalue weighted by Gasteiger charge is 2.26. The molecule has 1 aromatic rings. The van der Waals surface area contributed by atoms with Crippen molar-refractivity contribution in [1.82, 2.24) is 4.90 Å². The standard InChI is InChI=1S/C13H18N2O2/c1-3-14(4-2)13-7-10-5-6-12(15(16)17)8-11(10)9-13/h5-6,8,13H,3-4,7,9H2,1-2H3. The van der Waals surface area contributed by atoms with Crippen molar-refractivity contribution in [3.05, 3.63) is 39.4 Å². The number of likely N-dealkylation sites (N-methyl/N-ethyl adjacent to an activating group) is 1. The topological polar surface area (TPSA) is 46.4 Å². The molecular formula is C13H18N2O2. The molecule has 0 bridgehead atoms. The second-order valence-electron chi connectivity index (χ2n) is 4.49. The lowest BCUT2D eigenvalue weighted by Gasteiger charge is -2.25. The van der Waals surface area contributed by atoms with Crippen LogP contribution >= 0.6 is 0 Å². The minimum absolute atomic E-state index is 0.212. The zero-order valence-corrected chi connectivity index (χ0v) is 10.3. The number of hydrogen-bond acceptors (Lipinski definition) is 3. The van der Waals surface area contributed by atoms with Gasteiger partial charge in [-0.15, -0.1) is 0 Å². The Balaban J connectivity index is 2.19. The predicted octanol–water partition coefficient (Wildman–Crippen LogP) is 2.40. The van der Waals surface area contributed by atoms with E-state index in [1.807, 2.05) is 6.07 Å². The first-order chi connectivity index (χ1) is 8.15. The van der Waals surface area contributed by atoms with E-state index in [9.17, 15) is 10.1 Å². The summed E-state index contributed by atoms with van der Waals surface area (Å²) in [5, 5.41) is 10.7. The number of fused-ring (bicyclic) bond motifs is 1. The molecule has 0 aromatic heterocycles. The number of nitro benzene ring substituents is 1. The number of benzene rings is 1. The minimum Gasteiger partial charge on any atom is -0.300 e. The molecule has 0 radical (unpaired) electrons. The normalized spacial score (nSPS) is 18.4. The fraction of sp³-hybridized carbons (Fsp3) is 0.538. The summed E-state index contributed by atoms with van der Waals surface area (Å²) in [5.41, 5.74) is 2.63. The van der Waals surface area contributed by atoms with Crippen LogP contribution in [-0.2, 0) is 12.8 Å². The van der Waals surface area contributed by atoms with E-state index in [0.717, 1.165) is 31.5 Å². The average Bonchev–Trinajstić information content (AvgIpc) is 2.72. The third kappa shape index (κ3) is 2.31. The Bertz CT molecular complexity index is 427. The van der Waals surface area contributed by atoms with E-state index in [1.54, 1.807) is 12.1 Å². The number of nitrogens with zero attached hydrogens (tertiary/aromatic N) is 2. The van der Waals surface area contributed by atoms with Crippen LogP contribution in [0.5, 0.6) is 0 Å². The van der Waals surface area contributed by atoms with Gasteiger partial charge in [0.05, 0.1) is 4.92 Å². The van der Waals surface area contributed by atoms with Gasteiger partial charge in [-0.1, -0.05) is 19.9 Å². The molecule has 1 aliphatic rings. The third-order valence-corrected chi connectivity index (χ3v) is 3.64. The van der Waals surface area contributed by atoms with Crippen molar-refractivity contribution in [3.63, 3.8) is 0 Å². The lowest BCUT2D eigenvalue weighted by atomic mass is 10.1. The Kier molecular flexibility index (Phi) is 3.43. The SMILES string of the molecule is CCN(CC)C1Cc2ccc([N+](=O)[O-])cc2C1. The van der Waals surface area contributed by atoms with Gasteiger partial charge in [-0.05, 0) is 37.1 Å². The van der Waals surface area contributed by atoms with Crippen molar-refractivity contribution in [2.75, 3.05) is 13.1 Å². The summed E-state index contributed by atoms with van der Waals surface area (Å²) in [4.78, 5) is 12.8. The zero-order chi connectivity index (χ0) is 12.4. The Morgan fingerprint density at radius 2 is 1.94 bits per heavy atom. The van der Waals surface area contributed by atoms with E-state index in [1.165, 1.54) is 5.56 Å². The molecule has 4 nitrogen and oxygen atoms in total. The number of rotatable bonds is 4. The van der Waals surface area contributed by atoms with Gasteiger partial charge in [-0.2, -0.15) is 0 Å². The average molecular weight is 234 g/mol. The Morgan fingerprint density at radius 1 is 1.29 bits per heavy atom. The van der Waals surface area contributed by atoms with Crippen LogP contribution in [0.1, 0.15) is 25.0 Å². The molecule has 0 saturated heterocycles. The summed E-state index contributed by atoms with van der Waals surface area (Å²) < 4.78 is 0. The molecule has 2 rings (SSSR count). The minimum atomic E-state index is -0.314. The summed E-state index contributed by atoms with van der Waals surface area (Å²) in [7, 11) is 0. The van der Waals surface area contributed by atoms with Gasteiger partial charge < -0.3 is 4.90 Å². The second kappa shape index (κ2) is 4.84. The van der Waals surface area contributed by atoms with E-state index in [4.69, 9.17) is 0 Å². The summed E-state index contributed by atoms with van der Waals surface area (Å²) in [6, 6.07) is 5.78. The number of non-ortho nitro benzene ring substituents is 1. The first-order valence-electron chi connectivity index (χ1n) is 6.16. The van der Waals surface area contributed by atoms with Crippen LogP contribution in [0.2, 0.25) is 0 Å². The largest absolute Gasteiger partial charge is 0.300 e. The smallest absolute Gasteiger partial charge is 0.269 e. The Labute approximate surface area is 101 Å². The Hall–Kier alpha value is -1.42. The van der Waals surface area contributed by atoms with Crippen molar-refractivity contribution in [3.8, 4) is 0 Å². The molecule has 17 heavy (non-hydrogen) atoms. The summed E-state index contributed by atoms with van der Waals surface area (Å²) in [6.45, 7) is 6.40. The summed E-state index contributed by atoms with van der Waals surface area (Å²) in [6.07, 6.45) is 1.97. The lowest BCUT2D eigenvalue weighted by Crippen LogP contribution is -2.35. The zero-order valence-electron chi connectivity index (χ0n) is 10.3. The molecular weight excluding hydrogens is 216 g/mol. The maximum Gasteiger partial charge on any atom is 0.269 e. The maximum absolute atomic E-state index is 10.7. The molecule has 0 aliphatic heterocycles. The van der Waals surface area contributed by atoms with Crippen LogP contribution < -0.4 is 0 Å². The van der Waals surface area contributed by atoms with Crippen LogP contribution in [-0.4, -0.2) is 29.0 Å². The van der Waals surface area contributed by atoms with E-state index in [-0.39, 0.29) is 10.6 Å². The highest BCUT2D eigenvalue weighted by molar-refractivity contribution is 5.43. The van der Waals surface area contributed by atoms with Crippen LogP contribution in [0.25, 0.3) is 0 Å². The van der Waals surface area contributed by atoms with E-state index in [0.29, 0.717) is 6.04 Å². The van der Waals surface area contributed by atoms with Gasteiger partial charge in [-0.3, -0.25) is 10.1 Å². The van der Waals surface area contributed by atoms with Crippen molar-refractivity contribution >= 4 is 5.69 Å².